The molecule has 2 aromatic rings. The van der Waals surface area contributed by atoms with Crippen LogP contribution >= 0.6 is 22.9 Å². The zero-order chi connectivity index (χ0) is 12.3. The molecule has 0 aliphatic carbocycles. The van der Waals surface area contributed by atoms with Crippen molar-refractivity contribution < 1.29 is 0 Å². The second kappa shape index (κ2) is 5.61. The predicted octanol–water partition coefficient (Wildman–Crippen LogP) is 4.06. The van der Waals surface area contributed by atoms with Crippen LogP contribution in [0.15, 0.2) is 30.3 Å². The van der Waals surface area contributed by atoms with E-state index in [-0.39, 0.29) is 5.38 Å². The van der Waals surface area contributed by atoms with Crippen molar-refractivity contribution in [3.8, 4) is 0 Å². The Morgan fingerprint density at radius 2 is 1.88 bits per heavy atom. The van der Waals surface area contributed by atoms with Crippen LogP contribution in [0.25, 0.3) is 0 Å². The summed E-state index contributed by atoms with van der Waals surface area (Å²) in [4.78, 5) is 0. The van der Waals surface area contributed by atoms with Gasteiger partial charge in [-0.2, -0.15) is 0 Å². The Labute approximate surface area is 111 Å². The first-order valence-electron chi connectivity index (χ1n) is 5.68. The maximum Gasteiger partial charge on any atom is 0.139 e. The maximum atomic E-state index is 6.39. The lowest BCUT2D eigenvalue weighted by molar-refractivity contribution is 0.639. The van der Waals surface area contributed by atoms with Crippen LogP contribution in [0.3, 0.4) is 0 Å². The molecule has 0 fully saturated rings. The van der Waals surface area contributed by atoms with Crippen molar-refractivity contribution in [1.29, 1.82) is 0 Å². The third-order valence-electron chi connectivity index (χ3n) is 2.37. The van der Waals surface area contributed by atoms with E-state index in [1.165, 1.54) is 0 Å². The van der Waals surface area contributed by atoms with Crippen LogP contribution in [0.4, 0.5) is 0 Å². The maximum absolute atomic E-state index is 6.39. The fraction of sp³-hybridized carbons (Fsp3) is 0.385. The van der Waals surface area contributed by atoms with Crippen molar-refractivity contribution in [3.63, 3.8) is 0 Å². The van der Waals surface area contributed by atoms with E-state index >= 15 is 0 Å². The molecule has 2 rings (SSSR count). The first-order valence-corrected chi connectivity index (χ1v) is 6.93. The van der Waals surface area contributed by atoms with Crippen LogP contribution in [0.5, 0.6) is 0 Å². The molecule has 0 N–H and O–H groups in total. The summed E-state index contributed by atoms with van der Waals surface area (Å²) in [6.45, 7) is 4.35. The number of nitrogens with zero attached hydrogens (tertiary/aromatic N) is 2. The number of alkyl halides is 1. The largest absolute Gasteiger partial charge is 0.143 e. The van der Waals surface area contributed by atoms with E-state index < -0.39 is 0 Å². The van der Waals surface area contributed by atoms with Gasteiger partial charge in [-0.25, -0.2) is 0 Å². The molecule has 0 saturated carbocycles. The standard InChI is InChI=1S/C13H15ClN2S/c1-9(2)8-11-15-16-13(17-11)12(14)10-6-4-3-5-7-10/h3-7,9,12H,8H2,1-2H3. The van der Waals surface area contributed by atoms with E-state index in [0.717, 1.165) is 22.0 Å². The molecule has 0 radical (unpaired) electrons. The van der Waals surface area contributed by atoms with Gasteiger partial charge < -0.3 is 0 Å². The molecule has 2 nitrogen and oxygen atoms in total. The number of aromatic nitrogens is 2. The molecular weight excluding hydrogens is 252 g/mol. The average Bonchev–Trinajstić information content (AvgIpc) is 2.77. The highest BCUT2D eigenvalue weighted by Crippen LogP contribution is 2.31. The number of hydrogen-bond donors (Lipinski definition) is 0. The Kier molecular flexibility index (Phi) is 4.13. The SMILES string of the molecule is CC(C)Cc1nnc(C(Cl)c2ccccc2)s1. The van der Waals surface area contributed by atoms with Gasteiger partial charge >= 0.3 is 0 Å². The molecule has 0 amide bonds. The fourth-order valence-electron chi connectivity index (χ4n) is 1.57. The Morgan fingerprint density at radius 3 is 2.53 bits per heavy atom. The summed E-state index contributed by atoms with van der Waals surface area (Å²) in [5, 5.41) is 10.1. The second-order valence-electron chi connectivity index (χ2n) is 4.41. The summed E-state index contributed by atoms with van der Waals surface area (Å²) in [6, 6.07) is 9.99. The van der Waals surface area contributed by atoms with E-state index in [9.17, 15) is 0 Å². The summed E-state index contributed by atoms with van der Waals surface area (Å²) >= 11 is 8.00. The van der Waals surface area contributed by atoms with Crippen molar-refractivity contribution >= 4 is 22.9 Å². The highest BCUT2D eigenvalue weighted by molar-refractivity contribution is 7.11. The van der Waals surface area contributed by atoms with Gasteiger partial charge in [0.05, 0.1) is 0 Å². The molecule has 1 aromatic heterocycles. The first kappa shape index (κ1) is 12.5. The van der Waals surface area contributed by atoms with E-state index in [0.29, 0.717) is 5.92 Å². The minimum absolute atomic E-state index is 0.186. The molecule has 1 heterocycles. The number of halogens is 1. The molecule has 0 aliphatic heterocycles. The van der Waals surface area contributed by atoms with Crippen LogP contribution in [-0.2, 0) is 6.42 Å². The van der Waals surface area contributed by atoms with Gasteiger partial charge in [0.15, 0.2) is 0 Å². The summed E-state index contributed by atoms with van der Waals surface area (Å²) in [7, 11) is 0. The molecule has 0 spiro atoms. The highest BCUT2D eigenvalue weighted by atomic mass is 35.5. The van der Waals surface area contributed by atoms with Crippen molar-refractivity contribution in [3.05, 3.63) is 45.9 Å². The third kappa shape index (κ3) is 3.27. The van der Waals surface area contributed by atoms with Gasteiger partial charge in [-0.15, -0.1) is 21.8 Å². The van der Waals surface area contributed by atoms with Gasteiger partial charge in [-0.3, -0.25) is 0 Å². The van der Waals surface area contributed by atoms with Gasteiger partial charge in [0.25, 0.3) is 0 Å². The van der Waals surface area contributed by atoms with Gasteiger partial charge in [-0.05, 0) is 11.5 Å². The number of rotatable bonds is 4. The summed E-state index contributed by atoms with van der Waals surface area (Å²) in [5.41, 5.74) is 1.07. The zero-order valence-electron chi connectivity index (χ0n) is 9.93. The minimum atomic E-state index is -0.186. The molecule has 1 aromatic carbocycles. The lowest BCUT2D eigenvalue weighted by atomic mass is 10.1. The van der Waals surface area contributed by atoms with Gasteiger partial charge in [0, 0.05) is 6.42 Å². The monoisotopic (exact) mass is 266 g/mol. The van der Waals surface area contributed by atoms with Crippen LogP contribution < -0.4 is 0 Å². The van der Waals surface area contributed by atoms with Crippen LogP contribution in [0, 0.1) is 5.92 Å². The lowest BCUT2D eigenvalue weighted by Gasteiger charge is -2.04. The normalized spacial score (nSPS) is 12.9. The van der Waals surface area contributed by atoms with Crippen LogP contribution in [0.1, 0.15) is 34.8 Å². The van der Waals surface area contributed by atoms with E-state index in [1.54, 1.807) is 11.3 Å². The summed E-state index contributed by atoms with van der Waals surface area (Å²) in [6.07, 6.45) is 0.968. The smallest absolute Gasteiger partial charge is 0.139 e. The van der Waals surface area contributed by atoms with E-state index in [4.69, 9.17) is 11.6 Å². The number of benzene rings is 1. The van der Waals surface area contributed by atoms with Crippen molar-refractivity contribution in [1.82, 2.24) is 10.2 Å². The molecule has 0 saturated heterocycles. The van der Waals surface area contributed by atoms with Crippen molar-refractivity contribution in [2.75, 3.05) is 0 Å². The topological polar surface area (TPSA) is 25.8 Å². The minimum Gasteiger partial charge on any atom is -0.143 e. The highest BCUT2D eigenvalue weighted by Gasteiger charge is 2.16. The first-order chi connectivity index (χ1) is 8.16. The number of hydrogen-bond acceptors (Lipinski definition) is 3. The van der Waals surface area contributed by atoms with Gasteiger partial charge in [-0.1, -0.05) is 55.5 Å². The van der Waals surface area contributed by atoms with Crippen molar-refractivity contribution in [2.45, 2.75) is 25.6 Å². The molecule has 17 heavy (non-hydrogen) atoms. The Hall–Kier alpha value is -0.930. The summed E-state index contributed by atoms with van der Waals surface area (Å²) < 4.78 is 0. The molecule has 90 valence electrons. The molecule has 1 atom stereocenters. The molecular formula is C13H15ClN2S. The second-order valence-corrected chi connectivity index (χ2v) is 5.94. The van der Waals surface area contributed by atoms with Crippen molar-refractivity contribution in [2.24, 2.45) is 5.92 Å². The van der Waals surface area contributed by atoms with Crippen LogP contribution in [0.2, 0.25) is 0 Å². The Balaban J connectivity index is 2.15. The van der Waals surface area contributed by atoms with E-state index in [1.807, 2.05) is 30.3 Å². The quantitative estimate of drug-likeness (QED) is 0.780. The average molecular weight is 267 g/mol. The van der Waals surface area contributed by atoms with Crippen LogP contribution in [-0.4, -0.2) is 10.2 Å². The lowest BCUT2D eigenvalue weighted by Crippen LogP contribution is -1.92. The molecule has 0 aliphatic rings. The third-order valence-corrected chi connectivity index (χ3v) is 3.97. The molecule has 1 unspecified atom stereocenters. The Morgan fingerprint density at radius 1 is 1.18 bits per heavy atom. The fourth-order valence-corrected chi connectivity index (χ4v) is 2.95. The van der Waals surface area contributed by atoms with Gasteiger partial charge in [0.1, 0.15) is 15.4 Å². The molecule has 0 bridgehead atoms. The van der Waals surface area contributed by atoms with E-state index in [2.05, 4.69) is 24.0 Å². The zero-order valence-corrected chi connectivity index (χ0v) is 11.5. The van der Waals surface area contributed by atoms with Gasteiger partial charge in [0.2, 0.25) is 0 Å². The summed E-state index contributed by atoms with van der Waals surface area (Å²) in [5.74, 6) is 0.598. The molecule has 4 heteroatoms. The Bertz CT molecular complexity index is 467. The predicted molar refractivity (Wildman–Crippen MR) is 72.6 cm³/mol.